The first-order chi connectivity index (χ1) is 14.7. The third kappa shape index (κ3) is 7.10. The van der Waals surface area contributed by atoms with E-state index in [-0.39, 0.29) is 0 Å². The molecule has 1 nitrogen and oxygen atoms in total. The fourth-order valence-electron chi connectivity index (χ4n) is 6.42. The highest BCUT2D eigenvalue weighted by Crippen LogP contribution is 2.45. The lowest BCUT2D eigenvalue weighted by Gasteiger charge is -2.39. The first-order valence-corrected chi connectivity index (χ1v) is 13.7. The van der Waals surface area contributed by atoms with Gasteiger partial charge in [0.05, 0.1) is 0 Å². The summed E-state index contributed by atoms with van der Waals surface area (Å²) >= 11 is 0. The van der Waals surface area contributed by atoms with Crippen molar-refractivity contribution in [1.29, 1.82) is 0 Å². The minimum absolute atomic E-state index is 0.630. The van der Waals surface area contributed by atoms with Crippen LogP contribution in [0.1, 0.15) is 134 Å². The van der Waals surface area contributed by atoms with E-state index in [1.54, 1.807) is 0 Å². The molecule has 0 radical (unpaired) electrons. The number of rotatable bonds is 11. The Bertz CT molecular complexity index is 561. The number of unbranched alkanes of at least 4 members (excludes halogenated alkanes) is 4. The molecule has 1 heterocycles. The number of aryl methyl sites for hydroxylation is 1. The van der Waals surface area contributed by atoms with E-state index in [4.69, 9.17) is 4.98 Å². The maximum absolute atomic E-state index is 4.88. The molecule has 0 spiro atoms. The lowest BCUT2D eigenvalue weighted by Crippen LogP contribution is -2.27. The van der Waals surface area contributed by atoms with Crippen molar-refractivity contribution in [3.05, 3.63) is 29.6 Å². The SMILES string of the molecule is CCCCCc1ccc(C(C)C2CCC([C@H]3CC[C@H](CCCCC)CC3)CC2)nc1. The highest BCUT2D eigenvalue weighted by atomic mass is 14.7. The summed E-state index contributed by atoms with van der Waals surface area (Å²) in [4.78, 5) is 4.88. The van der Waals surface area contributed by atoms with E-state index in [1.165, 1.54) is 114 Å². The van der Waals surface area contributed by atoms with Crippen molar-refractivity contribution in [3.8, 4) is 0 Å². The van der Waals surface area contributed by atoms with Crippen molar-refractivity contribution in [2.75, 3.05) is 0 Å². The van der Waals surface area contributed by atoms with Gasteiger partial charge in [0.15, 0.2) is 0 Å². The van der Waals surface area contributed by atoms with Crippen molar-refractivity contribution in [3.63, 3.8) is 0 Å². The third-order valence-corrected chi connectivity index (χ3v) is 8.68. The summed E-state index contributed by atoms with van der Waals surface area (Å²) in [6, 6.07) is 4.68. The van der Waals surface area contributed by atoms with Crippen LogP contribution in [0, 0.1) is 23.7 Å². The van der Waals surface area contributed by atoms with Gasteiger partial charge in [-0.3, -0.25) is 4.98 Å². The van der Waals surface area contributed by atoms with Crippen LogP contribution in [-0.4, -0.2) is 4.98 Å². The minimum Gasteiger partial charge on any atom is -0.261 e. The summed E-state index contributed by atoms with van der Waals surface area (Å²) < 4.78 is 0. The Balaban J connectivity index is 1.39. The molecular formula is C29H49N. The molecule has 0 bridgehead atoms. The molecule has 1 heteroatoms. The van der Waals surface area contributed by atoms with Crippen molar-refractivity contribution in [1.82, 2.24) is 4.98 Å². The molecule has 0 saturated heterocycles. The number of aromatic nitrogens is 1. The Morgan fingerprint density at radius 1 is 0.800 bits per heavy atom. The second kappa shape index (κ2) is 12.9. The number of nitrogens with zero attached hydrogens (tertiary/aromatic N) is 1. The van der Waals surface area contributed by atoms with Gasteiger partial charge in [0, 0.05) is 17.8 Å². The minimum atomic E-state index is 0.630. The predicted octanol–water partition coefficient (Wildman–Crippen LogP) is 9.11. The van der Waals surface area contributed by atoms with E-state index in [0.717, 1.165) is 23.7 Å². The normalized spacial score (nSPS) is 28.4. The van der Waals surface area contributed by atoms with E-state index in [0.29, 0.717) is 5.92 Å². The third-order valence-electron chi connectivity index (χ3n) is 8.68. The van der Waals surface area contributed by atoms with Gasteiger partial charge >= 0.3 is 0 Å². The fourth-order valence-corrected chi connectivity index (χ4v) is 6.42. The number of hydrogen-bond acceptors (Lipinski definition) is 1. The van der Waals surface area contributed by atoms with E-state index >= 15 is 0 Å². The number of hydrogen-bond donors (Lipinski definition) is 0. The topological polar surface area (TPSA) is 12.9 Å². The van der Waals surface area contributed by atoms with Crippen molar-refractivity contribution in [2.45, 2.75) is 129 Å². The van der Waals surface area contributed by atoms with Gasteiger partial charge in [-0.15, -0.1) is 0 Å². The van der Waals surface area contributed by atoms with Gasteiger partial charge in [-0.25, -0.2) is 0 Å². The van der Waals surface area contributed by atoms with Crippen LogP contribution < -0.4 is 0 Å². The van der Waals surface area contributed by atoms with E-state index < -0.39 is 0 Å². The predicted molar refractivity (Wildman–Crippen MR) is 131 cm³/mol. The molecule has 1 aromatic rings. The van der Waals surface area contributed by atoms with E-state index in [9.17, 15) is 0 Å². The van der Waals surface area contributed by atoms with Gasteiger partial charge in [0.25, 0.3) is 0 Å². The molecule has 1 atom stereocenters. The summed E-state index contributed by atoms with van der Waals surface area (Å²) in [7, 11) is 0. The molecule has 30 heavy (non-hydrogen) atoms. The second-order valence-electron chi connectivity index (χ2n) is 10.8. The van der Waals surface area contributed by atoms with Crippen LogP contribution in [0.2, 0.25) is 0 Å². The molecule has 2 saturated carbocycles. The first-order valence-electron chi connectivity index (χ1n) is 13.7. The lowest BCUT2D eigenvalue weighted by atomic mass is 9.67. The van der Waals surface area contributed by atoms with Gasteiger partial charge in [0.1, 0.15) is 0 Å². The molecule has 0 amide bonds. The van der Waals surface area contributed by atoms with Crippen molar-refractivity contribution < 1.29 is 0 Å². The van der Waals surface area contributed by atoms with Crippen molar-refractivity contribution in [2.24, 2.45) is 23.7 Å². The Kier molecular flexibility index (Phi) is 10.2. The van der Waals surface area contributed by atoms with Crippen LogP contribution in [-0.2, 0) is 6.42 Å². The molecule has 0 aliphatic heterocycles. The summed E-state index contributed by atoms with van der Waals surface area (Å²) in [5.74, 6) is 4.61. The molecule has 1 aromatic heterocycles. The molecule has 3 rings (SSSR count). The molecule has 0 N–H and O–H groups in total. The summed E-state index contributed by atoms with van der Waals surface area (Å²) in [6.45, 7) is 7.04. The summed E-state index contributed by atoms with van der Waals surface area (Å²) in [5, 5.41) is 0. The van der Waals surface area contributed by atoms with Crippen LogP contribution in [0.15, 0.2) is 18.3 Å². The van der Waals surface area contributed by atoms with E-state index in [1.807, 2.05) is 0 Å². The first kappa shape index (κ1) is 23.8. The molecule has 2 aliphatic carbocycles. The Hall–Kier alpha value is -0.850. The zero-order valence-electron chi connectivity index (χ0n) is 20.4. The maximum atomic E-state index is 4.88. The largest absolute Gasteiger partial charge is 0.261 e. The highest BCUT2D eigenvalue weighted by molar-refractivity contribution is 5.17. The molecular weight excluding hydrogens is 362 g/mol. The van der Waals surface area contributed by atoms with Crippen LogP contribution >= 0.6 is 0 Å². The zero-order chi connectivity index (χ0) is 21.2. The quantitative estimate of drug-likeness (QED) is 0.331. The van der Waals surface area contributed by atoms with Gasteiger partial charge in [-0.1, -0.05) is 78.2 Å². The molecule has 2 aliphatic rings. The Morgan fingerprint density at radius 3 is 2.03 bits per heavy atom. The summed E-state index contributed by atoms with van der Waals surface area (Å²) in [6.07, 6.45) is 25.0. The van der Waals surface area contributed by atoms with Crippen LogP contribution in [0.5, 0.6) is 0 Å². The van der Waals surface area contributed by atoms with E-state index in [2.05, 4.69) is 39.1 Å². The van der Waals surface area contributed by atoms with Gasteiger partial charge in [-0.05, 0) is 86.7 Å². The molecule has 2 fully saturated rings. The monoisotopic (exact) mass is 411 g/mol. The average Bonchev–Trinajstić information content (AvgIpc) is 2.80. The molecule has 0 aromatic carbocycles. The Morgan fingerprint density at radius 2 is 1.43 bits per heavy atom. The van der Waals surface area contributed by atoms with Crippen molar-refractivity contribution >= 4 is 0 Å². The maximum Gasteiger partial charge on any atom is 0.0434 e. The smallest absolute Gasteiger partial charge is 0.0434 e. The van der Waals surface area contributed by atoms with Gasteiger partial charge in [0.2, 0.25) is 0 Å². The Labute approximate surface area is 187 Å². The second-order valence-corrected chi connectivity index (χ2v) is 10.8. The number of pyridine rings is 1. The lowest BCUT2D eigenvalue weighted by molar-refractivity contribution is 0.136. The van der Waals surface area contributed by atoms with Crippen LogP contribution in [0.25, 0.3) is 0 Å². The van der Waals surface area contributed by atoms with Crippen LogP contribution in [0.4, 0.5) is 0 Å². The van der Waals surface area contributed by atoms with Gasteiger partial charge < -0.3 is 0 Å². The molecule has 170 valence electrons. The zero-order valence-corrected chi connectivity index (χ0v) is 20.4. The molecule has 1 unspecified atom stereocenters. The highest BCUT2D eigenvalue weighted by Gasteiger charge is 2.32. The standard InChI is InChI=1S/C29H49N/c1-4-6-8-10-24-12-15-27(16-13-24)28-19-17-26(18-20-28)23(3)29-21-14-25(22-30-29)11-9-7-5-2/h14,21-24,26-28H,4-13,15-20H2,1-3H3/t23?,24-,26?,27-,28?. The average molecular weight is 412 g/mol. The fraction of sp³-hybridized carbons (Fsp3) is 0.828. The summed E-state index contributed by atoms with van der Waals surface area (Å²) in [5.41, 5.74) is 2.76. The van der Waals surface area contributed by atoms with Gasteiger partial charge in [-0.2, -0.15) is 0 Å². The van der Waals surface area contributed by atoms with Crippen LogP contribution in [0.3, 0.4) is 0 Å².